The molecule has 0 aromatic carbocycles. The molecule has 1 spiro atoms. The molecule has 1 saturated heterocycles. The van der Waals surface area contributed by atoms with E-state index >= 15 is 0 Å². The molecule has 0 bridgehead atoms. The molecule has 0 radical (unpaired) electrons. The van der Waals surface area contributed by atoms with Crippen LogP contribution in [-0.2, 0) is 16.0 Å². The number of hydrogen-bond donors (Lipinski definition) is 0. The molecule has 3 aliphatic rings. The van der Waals surface area contributed by atoms with Gasteiger partial charge in [-0.05, 0) is 52.0 Å². The van der Waals surface area contributed by atoms with Gasteiger partial charge < -0.3 is 14.2 Å². The van der Waals surface area contributed by atoms with Crippen molar-refractivity contribution >= 4 is 0 Å². The molecule has 164 valence electrons. The Kier molecular flexibility index (Phi) is 5.19. The average molecular weight is 426 g/mol. The van der Waals surface area contributed by atoms with E-state index in [1.165, 1.54) is 20.3 Å². The molecule has 31 heavy (non-hydrogen) atoms. The first-order valence-electron chi connectivity index (χ1n) is 10.9. The molecule has 0 amide bonds. The summed E-state index contributed by atoms with van der Waals surface area (Å²) in [7, 11) is 0. The van der Waals surface area contributed by atoms with E-state index in [4.69, 9.17) is 14.2 Å². The smallest absolute Gasteiger partial charge is 0.178 e. The first-order chi connectivity index (χ1) is 14.9. The molecule has 3 fully saturated rings. The highest BCUT2D eigenvalue weighted by Gasteiger charge is 2.46. The first-order valence-corrected chi connectivity index (χ1v) is 10.9. The van der Waals surface area contributed by atoms with Gasteiger partial charge in [0, 0.05) is 17.7 Å². The lowest BCUT2D eigenvalue weighted by Gasteiger charge is -2.35. The van der Waals surface area contributed by atoms with Crippen LogP contribution in [0.4, 0.5) is 4.39 Å². The van der Waals surface area contributed by atoms with Crippen LogP contribution in [0, 0.1) is 17.8 Å². The van der Waals surface area contributed by atoms with Gasteiger partial charge in [0.25, 0.3) is 0 Å². The van der Waals surface area contributed by atoms with E-state index in [0.29, 0.717) is 36.2 Å². The summed E-state index contributed by atoms with van der Waals surface area (Å²) in [6.07, 6.45) is 8.74. The Morgan fingerprint density at radius 2 is 2.19 bits per heavy atom. The molecule has 3 heterocycles. The largest absolute Gasteiger partial charge is 0.488 e. The zero-order valence-electron chi connectivity index (χ0n) is 17.9. The number of rotatable bonds is 6. The SMILES string of the molecule is CC(C)(F)COc1cc(C#CC2CC2)cnc1-c1cn(CC2OCC3(CCC3)O2)nn1. The molecular weight excluding hydrogens is 399 g/mol. The summed E-state index contributed by atoms with van der Waals surface area (Å²) in [6.45, 7) is 3.95. The van der Waals surface area contributed by atoms with Crippen LogP contribution in [0.5, 0.6) is 5.75 Å². The van der Waals surface area contributed by atoms with Crippen LogP contribution in [0.1, 0.15) is 51.5 Å². The van der Waals surface area contributed by atoms with Gasteiger partial charge in [-0.3, -0.25) is 0 Å². The summed E-state index contributed by atoms with van der Waals surface area (Å²) in [5, 5.41) is 8.44. The maximum Gasteiger partial charge on any atom is 0.178 e. The number of aromatic nitrogens is 4. The average Bonchev–Trinajstić information content (AvgIpc) is 3.24. The van der Waals surface area contributed by atoms with Gasteiger partial charge in [0.15, 0.2) is 6.29 Å². The Balaban J connectivity index is 1.34. The molecule has 2 aromatic rings. The fraction of sp³-hybridized carbons (Fsp3) is 0.609. The van der Waals surface area contributed by atoms with E-state index < -0.39 is 5.67 Å². The molecule has 1 aliphatic heterocycles. The second kappa shape index (κ2) is 7.88. The summed E-state index contributed by atoms with van der Waals surface area (Å²) in [5.41, 5.74) is 0.237. The van der Waals surface area contributed by atoms with Crippen molar-refractivity contribution in [3.05, 3.63) is 24.0 Å². The third kappa shape index (κ3) is 4.89. The lowest BCUT2D eigenvalue weighted by molar-refractivity contribution is -0.123. The van der Waals surface area contributed by atoms with Gasteiger partial charge >= 0.3 is 0 Å². The van der Waals surface area contributed by atoms with E-state index in [1.54, 1.807) is 23.1 Å². The fourth-order valence-electron chi connectivity index (χ4n) is 3.64. The normalized spacial score (nSPS) is 22.1. The number of alkyl halides is 1. The molecule has 8 heteroatoms. The van der Waals surface area contributed by atoms with Crippen LogP contribution in [-0.4, -0.2) is 50.8 Å². The lowest BCUT2D eigenvalue weighted by atomic mass is 9.81. The third-order valence-corrected chi connectivity index (χ3v) is 5.72. The number of pyridine rings is 1. The Labute approximate surface area is 181 Å². The van der Waals surface area contributed by atoms with E-state index in [2.05, 4.69) is 27.1 Å². The molecule has 7 nitrogen and oxygen atoms in total. The Bertz CT molecular complexity index is 1010. The lowest BCUT2D eigenvalue weighted by Crippen LogP contribution is -2.40. The monoisotopic (exact) mass is 426 g/mol. The van der Waals surface area contributed by atoms with Crippen molar-refractivity contribution in [3.63, 3.8) is 0 Å². The predicted octanol–water partition coefficient (Wildman–Crippen LogP) is 3.52. The number of halogens is 1. The van der Waals surface area contributed by atoms with Crippen LogP contribution in [0.25, 0.3) is 11.4 Å². The summed E-state index contributed by atoms with van der Waals surface area (Å²) in [6, 6.07) is 1.80. The van der Waals surface area contributed by atoms with Gasteiger partial charge in [0.05, 0.1) is 24.9 Å². The van der Waals surface area contributed by atoms with Crippen LogP contribution in [0.2, 0.25) is 0 Å². The van der Waals surface area contributed by atoms with Crippen molar-refractivity contribution in [1.29, 1.82) is 0 Å². The predicted molar refractivity (Wildman–Crippen MR) is 111 cm³/mol. The van der Waals surface area contributed by atoms with Crippen LogP contribution < -0.4 is 4.74 Å². The molecule has 0 N–H and O–H groups in total. The van der Waals surface area contributed by atoms with Crippen LogP contribution in [0.15, 0.2) is 18.5 Å². The summed E-state index contributed by atoms with van der Waals surface area (Å²) >= 11 is 0. The van der Waals surface area contributed by atoms with E-state index in [1.807, 2.05) is 0 Å². The number of ether oxygens (including phenoxy) is 3. The molecule has 5 rings (SSSR count). The van der Waals surface area contributed by atoms with Crippen LogP contribution >= 0.6 is 0 Å². The van der Waals surface area contributed by atoms with Gasteiger partial charge in [-0.1, -0.05) is 17.1 Å². The molecule has 2 aliphatic carbocycles. The van der Waals surface area contributed by atoms with E-state index in [-0.39, 0.29) is 18.5 Å². The minimum absolute atomic E-state index is 0.0901. The minimum Gasteiger partial charge on any atom is -0.488 e. The molecule has 2 aromatic heterocycles. The zero-order chi connectivity index (χ0) is 21.5. The Morgan fingerprint density at radius 1 is 1.35 bits per heavy atom. The van der Waals surface area contributed by atoms with E-state index in [0.717, 1.165) is 31.2 Å². The topological polar surface area (TPSA) is 71.3 Å². The second-order valence-electron chi connectivity index (χ2n) is 9.34. The van der Waals surface area contributed by atoms with Crippen molar-refractivity contribution < 1.29 is 18.6 Å². The molecule has 1 atom stereocenters. The summed E-state index contributed by atoms with van der Waals surface area (Å²) < 4.78 is 33.4. The maximum atomic E-state index is 14.1. The van der Waals surface area contributed by atoms with Gasteiger partial charge in [0.1, 0.15) is 29.4 Å². The number of nitrogens with zero attached hydrogens (tertiary/aromatic N) is 4. The van der Waals surface area contributed by atoms with Gasteiger partial charge in [-0.2, -0.15) is 0 Å². The van der Waals surface area contributed by atoms with Gasteiger partial charge in [-0.15, -0.1) is 5.10 Å². The van der Waals surface area contributed by atoms with Crippen molar-refractivity contribution in [2.45, 2.75) is 70.1 Å². The highest BCUT2D eigenvalue weighted by atomic mass is 19.1. The highest BCUT2D eigenvalue weighted by molar-refractivity contribution is 5.63. The van der Waals surface area contributed by atoms with Crippen molar-refractivity contribution in [3.8, 4) is 29.0 Å². The Hall–Kier alpha value is -2.50. The Morgan fingerprint density at radius 3 is 2.87 bits per heavy atom. The van der Waals surface area contributed by atoms with Crippen molar-refractivity contribution in [1.82, 2.24) is 20.0 Å². The summed E-state index contributed by atoms with van der Waals surface area (Å²) in [4.78, 5) is 4.51. The van der Waals surface area contributed by atoms with Gasteiger partial charge in [-0.25, -0.2) is 14.1 Å². The maximum absolute atomic E-state index is 14.1. The fourth-order valence-corrected chi connectivity index (χ4v) is 3.64. The highest BCUT2D eigenvalue weighted by Crippen LogP contribution is 2.41. The summed E-state index contributed by atoms with van der Waals surface area (Å²) in [5.74, 6) is 7.27. The zero-order valence-corrected chi connectivity index (χ0v) is 17.9. The van der Waals surface area contributed by atoms with Crippen molar-refractivity contribution in [2.24, 2.45) is 5.92 Å². The molecular formula is C23H27FN4O3. The van der Waals surface area contributed by atoms with Gasteiger partial charge in [0.2, 0.25) is 0 Å². The third-order valence-electron chi connectivity index (χ3n) is 5.72. The first kappa shape index (κ1) is 20.4. The quantitative estimate of drug-likeness (QED) is 0.658. The molecule has 2 saturated carbocycles. The van der Waals surface area contributed by atoms with Crippen molar-refractivity contribution in [2.75, 3.05) is 13.2 Å². The van der Waals surface area contributed by atoms with E-state index in [9.17, 15) is 4.39 Å². The standard InChI is InChI=1S/C23H27FN4O3/c1-22(2,24)14-29-19-10-17(7-6-16-4-5-16)11-25-21(19)18-12-28(27-26-18)13-20-30-15-23(31-20)8-3-9-23/h10-12,16,20H,3-5,8-9,13-15H2,1-2H3. The van der Waals surface area contributed by atoms with Crippen LogP contribution in [0.3, 0.4) is 0 Å². The molecule has 1 unspecified atom stereocenters. The number of hydrogen-bond acceptors (Lipinski definition) is 6. The minimum atomic E-state index is -1.47. The second-order valence-corrected chi connectivity index (χ2v) is 9.34.